The number of rotatable bonds is 6. The summed E-state index contributed by atoms with van der Waals surface area (Å²) in [5, 5.41) is 8.16. The average molecular weight is 521 g/mol. The van der Waals surface area contributed by atoms with E-state index in [0.717, 1.165) is 5.56 Å². The fourth-order valence-electron chi connectivity index (χ4n) is 3.46. The van der Waals surface area contributed by atoms with Crippen LogP contribution in [0.2, 0.25) is 0 Å². The summed E-state index contributed by atoms with van der Waals surface area (Å²) in [4.78, 5) is 29.7. The third kappa shape index (κ3) is 5.88. The van der Waals surface area contributed by atoms with Crippen molar-refractivity contribution in [2.75, 3.05) is 22.1 Å². The molecule has 0 atom stereocenters. The summed E-state index contributed by atoms with van der Waals surface area (Å²) in [6.07, 6.45) is -3.58. The first-order valence-corrected chi connectivity index (χ1v) is 12.2. The van der Waals surface area contributed by atoms with Crippen LogP contribution >= 0.6 is 0 Å². The summed E-state index contributed by atoms with van der Waals surface area (Å²) in [7, 11) is -0.975. The number of alkyl halides is 3. The molecule has 12 heteroatoms. The van der Waals surface area contributed by atoms with Gasteiger partial charge in [-0.25, -0.2) is 9.37 Å². The molecule has 1 saturated heterocycles. The number of benzene rings is 2. The van der Waals surface area contributed by atoms with Crippen LogP contribution in [0.4, 0.5) is 34.8 Å². The standard InChI is InChI=1S/C24H20F4N4O3S/c1-13-4-2-3-5-19(13)31-21-20(8-15(10-29-21)23(34)30-18-11-36(35)12-18)32-22(33)14-6-16(24(26,27)28)9-17(25)7-14/h2-10,18H,11-12H2,1H3,(H,29,31)(H,30,34)(H,32,33). The molecule has 1 aliphatic heterocycles. The van der Waals surface area contributed by atoms with E-state index >= 15 is 0 Å². The summed E-state index contributed by atoms with van der Waals surface area (Å²) < 4.78 is 64.4. The van der Waals surface area contributed by atoms with Gasteiger partial charge >= 0.3 is 6.18 Å². The van der Waals surface area contributed by atoms with E-state index in [1.807, 2.05) is 19.1 Å². The molecule has 1 aliphatic rings. The van der Waals surface area contributed by atoms with Crippen LogP contribution < -0.4 is 16.0 Å². The highest BCUT2D eigenvalue weighted by Gasteiger charge is 2.32. The normalized spacial score (nSPS) is 17.1. The van der Waals surface area contributed by atoms with E-state index in [0.29, 0.717) is 35.4 Å². The molecule has 1 fully saturated rings. The maximum Gasteiger partial charge on any atom is 0.416 e. The zero-order valence-corrected chi connectivity index (χ0v) is 19.6. The Morgan fingerprint density at radius 1 is 1.00 bits per heavy atom. The molecule has 0 radical (unpaired) electrons. The molecule has 3 aromatic rings. The first-order chi connectivity index (χ1) is 17.0. The van der Waals surface area contributed by atoms with Crippen molar-refractivity contribution in [3.63, 3.8) is 0 Å². The molecule has 7 nitrogen and oxygen atoms in total. The van der Waals surface area contributed by atoms with Crippen molar-refractivity contribution in [1.29, 1.82) is 0 Å². The minimum absolute atomic E-state index is 0.00842. The van der Waals surface area contributed by atoms with Crippen LogP contribution in [0.5, 0.6) is 0 Å². The van der Waals surface area contributed by atoms with Gasteiger partial charge in [0.1, 0.15) is 5.82 Å². The molecule has 0 aliphatic carbocycles. The lowest BCUT2D eigenvalue weighted by atomic mass is 10.1. The Kier molecular flexibility index (Phi) is 7.07. The van der Waals surface area contributed by atoms with Gasteiger partial charge in [0.2, 0.25) is 0 Å². The summed E-state index contributed by atoms with van der Waals surface area (Å²) >= 11 is 0. The Morgan fingerprint density at radius 3 is 2.39 bits per heavy atom. The Balaban J connectivity index is 1.66. The van der Waals surface area contributed by atoms with Crippen molar-refractivity contribution in [3.05, 3.63) is 82.8 Å². The third-order valence-corrected chi connectivity index (χ3v) is 6.94. The van der Waals surface area contributed by atoms with Gasteiger partial charge < -0.3 is 16.0 Å². The van der Waals surface area contributed by atoms with Crippen molar-refractivity contribution < 1.29 is 31.4 Å². The number of para-hydroxylation sites is 1. The largest absolute Gasteiger partial charge is 0.416 e. The molecule has 36 heavy (non-hydrogen) atoms. The number of amides is 2. The van der Waals surface area contributed by atoms with E-state index in [1.54, 1.807) is 12.1 Å². The van der Waals surface area contributed by atoms with Gasteiger partial charge in [-0.1, -0.05) is 18.2 Å². The Morgan fingerprint density at radius 2 is 1.72 bits per heavy atom. The fourth-order valence-corrected chi connectivity index (χ4v) is 4.42. The number of carbonyl (C=O) groups excluding carboxylic acids is 2. The molecular formula is C24H20F4N4O3S. The second-order valence-electron chi connectivity index (χ2n) is 8.18. The first kappa shape index (κ1) is 25.3. The highest BCUT2D eigenvalue weighted by atomic mass is 32.2. The van der Waals surface area contributed by atoms with Crippen LogP contribution in [-0.2, 0) is 17.0 Å². The van der Waals surface area contributed by atoms with E-state index in [9.17, 15) is 31.4 Å². The van der Waals surface area contributed by atoms with Gasteiger partial charge in [0.25, 0.3) is 11.8 Å². The molecule has 0 saturated carbocycles. The minimum Gasteiger partial charge on any atom is -0.347 e. The van der Waals surface area contributed by atoms with Gasteiger partial charge in [0.05, 0.1) is 22.9 Å². The molecule has 0 bridgehead atoms. The maximum atomic E-state index is 13.8. The van der Waals surface area contributed by atoms with Gasteiger partial charge in [-0.15, -0.1) is 0 Å². The topological polar surface area (TPSA) is 100 Å². The minimum atomic E-state index is -4.85. The molecule has 1 aromatic heterocycles. The quantitative estimate of drug-likeness (QED) is 0.419. The summed E-state index contributed by atoms with van der Waals surface area (Å²) in [6, 6.07) is 9.73. The van der Waals surface area contributed by atoms with Crippen LogP contribution in [0.1, 0.15) is 31.8 Å². The number of aryl methyl sites for hydroxylation is 1. The summed E-state index contributed by atoms with van der Waals surface area (Å²) in [5.74, 6) is -1.99. The van der Waals surface area contributed by atoms with Gasteiger partial charge in [0, 0.05) is 39.8 Å². The lowest BCUT2D eigenvalue weighted by molar-refractivity contribution is -0.137. The van der Waals surface area contributed by atoms with Crippen LogP contribution in [0.3, 0.4) is 0 Å². The predicted octanol–water partition coefficient (Wildman–Crippen LogP) is 4.40. The highest BCUT2D eigenvalue weighted by molar-refractivity contribution is 7.86. The first-order valence-electron chi connectivity index (χ1n) is 10.7. The van der Waals surface area contributed by atoms with Gasteiger partial charge in [-0.2, -0.15) is 13.2 Å². The zero-order valence-electron chi connectivity index (χ0n) is 18.8. The second kappa shape index (κ2) is 10.1. The van der Waals surface area contributed by atoms with Crippen LogP contribution in [0, 0.1) is 12.7 Å². The van der Waals surface area contributed by atoms with Crippen molar-refractivity contribution >= 4 is 39.8 Å². The number of aromatic nitrogens is 1. The molecule has 0 unspecified atom stereocenters. The van der Waals surface area contributed by atoms with Gasteiger partial charge in [-0.05, 0) is 42.8 Å². The van der Waals surface area contributed by atoms with E-state index < -0.39 is 45.7 Å². The number of hydrogen-bond acceptors (Lipinski definition) is 5. The number of halogens is 4. The molecule has 188 valence electrons. The van der Waals surface area contributed by atoms with Crippen molar-refractivity contribution in [2.24, 2.45) is 0 Å². The Hall–Kier alpha value is -3.80. The molecule has 2 amide bonds. The monoisotopic (exact) mass is 520 g/mol. The Labute approximate surface area is 205 Å². The fraction of sp³-hybridized carbons (Fsp3) is 0.208. The molecular weight excluding hydrogens is 500 g/mol. The van der Waals surface area contributed by atoms with E-state index in [-0.39, 0.29) is 23.1 Å². The average Bonchev–Trinajstić information content (AvgIpc) is 2.79. The zero-order chi connectivity index (χ0) is 26.0. The van der Waals surface area contributed by atoms with Crippen LogP contribution in [-0.4, -0.2) is 38.6 Å². The Bertz CT molecular complexity index is 1360. The summed E-state index contributed by atoms with van der Waals surface area (Å²) in [5.41, 5.74) is -0.332. The van der Waals surface area contributed by atoms with Gasteiger partial charge in [-0.3, -0.25) is 13.8 Å². The number of carbonyl (C=O) groups is 2. The van der Waals surface area contributed by atoms with Crippen molar-refractivity contribution in [2.45, 2.75) is 19.1 Å². The number of nitrogens with one attached hydrogen (secondary N) is 3. The molecule has 0 spiro atoms. The highest BCUT2D eigenvalue weighted by Crippen LogP contribution is 2.31. The lowest BCUT2D eigenvalue weighted by Gasteiger charge is -2.25. The molecule has 2 aromatic carbocycles. The van der Waals surface area contributed by atoms with E-state index in [1.165, 1.54) is 12.3 Å². The maximum absolute atomic E-state index is 13.8. The lowest BCUT2D eigenvalue weighted by Crippen LogP contribution is -2.50. The molecule has 3 N–H and O–H groups in total. The molecule has 4 rings (SSSR count). The predicted molar refractivity (Wildman–Crippen MR) is 127 cm³/mol. The van der Waals surface area contributed by atoms with Crippen molar-refractivity contribution in [3.8, 4) is 0 Å². The third-order valence-electron chi connectivity index (χ3n) is 5.39. The summed E-state index contributed by atoms with van der Waals surface area (Å²) in [6.45, 7) is 1.83. The number of nitrogens with zero attached hydrogens (tertiary/aromatic N) is 1. The van der Waals surface area contributed by atoms with E-state index in [2.05, 4.69) is 20.9 Å². The SMILES string of the molecule is Cc1ccccc1Nc1ncc(C(=O)NC2CS(=O)C2)cc1NC(=O)c1cc(F)cc(C(F)(F)F)c1. The number of hydrogen-bond donors (Lipinski definition) is 3. The van der Waals surface area contributed by atoms with E-state index in [4.69, 9.17) is 0 Å². The molecule has 2 heterocycles. The number of pyridine rings is 1. The van der Waals surface area contributed by atoms with Crippen LogP contribution in [0.15, 0.2) is 54.7 Å². The van der Waals surface area contributed by atoms with Crippen molar-refractivity contribution in [1.82, 2.24) is 10.3 Å². The van der Waals surface area contributed by atoms with Crippen LogP contribution in [0.25, 0.3) is 0 Å². The smallest absolute Gasteiger partial charge is 0.347 e. The second-order valence-corrected chi connectivity index (χ2v) is 9.73. The van der Waals surface area contributed by atoms with Gasteiger partial charge in [0.15, 0.2) is 5.82 Å². The number of anilines is 3.